The lowest BCUT2D eigenvalue weighted by molar-refractivity contribution is -0.119. The number of rotatable bonds is 5. The molecule has 0 unspecified atom stereocenters. The Bertz CT molecular complexity index is 854. The van der Waals surface area contributed by atoms with Crippen molar-refractivity contribution in [2.45, 2.75) is 12.8 Å². The lowest BCUT2D eigenvalue weighted by Crippen LogP contribution is -2.23. The van der Waals surface area contributed by atoms with Crippen LogP contribution in [0.1, 0.15) is 17.9 Å². The molecule has 1 aromatic carbocycles. The third-order valence-corrected chi connectivity index (χ3v) is 4.99. The molecule has 25 heavy (non-hydrogen) atoms. The lowest BCUT2D eigenvalue weighted by atomic mass is 10.1. The average molecular weight is 355 g/mol. The highest BCUT2D eigenvalue weighted by Crippen LogP contribution is 2.24. The first-order valence-corrected chi connectivity index (χ1v) is 9.00. The van der Waals surface area contributed by atoms with Gasteiger partial charge in [-0.3, -0.25) is 4.79 Å². The van der Waals surface area contributed by atoms with Gasteiger partial charge in [-0.2, -0.15) is 4.98 Å². The first-order valence-electron chi connectivity index (χ1n) is 8.12. The number of carbonyl (C=O) groups excluding carboxylic acids is 1. The van der Waals surface area contributed by atoms with Crippen molar-refractivity contribution in [2.24, 2.45) is 5.92 Å². The normalized spacial score (nSPS) is 16.9. The van der Waals surface area contributed by atoms with Crippen LogP contribution >= 0.6 is 11.3 Å². The van der Waals surface area contributed by atoms with Crippen LogP contribution in [0.15, 0.2) is 46.3 Å². The van der Waals surface area contributed by atoms with Crippen LogP contribution in [0.5, 0.6) is 0 Å². The van der Waals surface area contributed by atoms with Crippen LogP contribution in [-0.2, 0) is 16.0 Å². The number of nitrogens with zero attached hydrogens (tertiary/aromatic N) is 2. The van der Waals surface area contributed by atoms with Gasteiger partial charge in [0.1, 0.15) is 0 Å². The molecule has 4 rings (SSSR count). The van der Waals surface area contributed by atoms with E-state index in [1.165, 1.54) is 0 Å². The topological polar surface area (TPSA) is 77.3 Å². The molecule has 128 valence electrons. The predicted molar refractivity (Wildman–Crippen MR) is 94.4 cm³/mol. The van der Waals surface area contributed by atoms with Crippen LogP contribution in [0.4, 0.5) is 5.69 Å². The van der Waals surface area contributed by atoms with Crippen LogP contribution in [0, 0.1) is 5.92 Å². The molecule has 6 nitrogen and oxygen atoms in total. The van der Waals surface area contributed by atoms with Gasteiger partial charge in [-0.1, -0.05) is 29.4 Å². The average Bonchev–Trinajstić information content (AvgIpc) is 3.38. The smallest absolute Gasteiger partial charge is 0.231 e. The van der Waals surface area contributed by atoms with Crippen LogP contribution in [0.25, 0.3) is 10.7 Å². The molecule has 7 heteroatoms. The van der Waals surface area contributed by atoms with Crippen molar-refractivity contribution in [1.29, 1.82) is 0 Å². The molecular weight excluding hydrogens is 338 g/mol. The molecule has 1 saturated heterocycles. The zero-order valence-electron chi connectivity index (χ0n) is 13.5. The molecule has 2 aromatic heterocycles. The lowest BCUT2D eigenvalue weighted by Gasteiger charge is -2.12. The standard InChI is InChI=1S/C18H17N3O3S/c22-18(13-7-8-23-11-13)19-14-5-2-1-4-12(14)10-16-20-17(21-24-16)15-6-3-9-25-15/h1-6,9,13H,7-8,10-11H2,(H,19,22)/t13-/m0/s1. The second-order valence-corrected chi connectivity index (χ2v) is 6.82. The minimum atomic E-state index is -0.0816. The van der Waals surface area contributed by atoms with E-state index in [2.05, 4.69) is 15.5 Å². The van der Waals surface area contributed by atoms with Gasteiger partial charge >= 0.3 is 0 Å². The van der Waals surface area contributed by atoms with Gasteiger partial charge in [0.2, 0.25) is 17.6 Å². The SMILES string of the molecule is O=C(Nc1ccccc1Cc1nc(-c2cccs2)no1)[C@H]1CCOC1. The number of thiophene rings is 1. The number of benzene rings is 1. The molecule has 1 amide bonds. The molecule has 0 spiro atoms. The van der Waals surface area contributed by atoms with Gasteiger partial charge in [-0.05, 0) is 29.5 Å². The van der Waals surface area contributed by atoms with Crippen molar-refractivity contribution < 1.29 is 14.1 Å². The molecular formula is C18H17N3O3S. The van der Waals surface area contributed by atoms with Crippen molar-refractivity contribution in [3.05, 3.63) is 53.2 Å². The van der Waals surface area contributed by atoms with Gasteiger partial charge in [-0.25, -0.2) is 0 Å². The van der Waals surface area contributed by atoms with Crippen LogP contribution in [0.3, 0.4) is 0 Å². The number of aromatic nitrogens is 2. The van der Waals surface area contributed by atoms with E-state index in [9.17, 15) is 4.79 Å². The third kappa shape index (κ3) is 3.62. The van der Waals surface area contributed by atoms with E-state index in [-0.39, 0.29) is 11.8 Å². The monoisotopic (exact) mass is 355 g/mol. The molecule has 1 atom stereocenters. The first-order chi connectivity index (χ1) is 12.3. The van der Waals surface area contributed by atoms with E-state index >= 15 is 0 Å². The maximum atomic E-state index is 12.3. The zero-order chi connectivity index (χ0) is 17.1. The molecule has 0 saturated carbocycles. The maximum absolute atomic E-state index is 12.3. The second-order valence-electron chi connectivity index (χ2n) is 5.87. The molecule has 1 aliphatic heterocycles. The molecule has 3 heterocycles. The zero-order valence-corrected chi connectivity index (χ0v) is 14.3. The Balaban J connectivity index is 1.50. The van der Waals surface area contributed by atoms with Crippen LogP contribution in [0.2, 0.25) is 0 Å². The van der Waals surface area contributed by atoms with Crippen molar-refractivity contribution >= 4 is 22.9 Å². The Labute approximate surface area is 148 Å². The maximum Gasteiger partial charge on any atom is 0.231 e. The summed E-state index contributed by atoms with van der Waals surface area (Å²) in [4.78, 5) is 17.8. The number of anilines is 1. The Kier molecular flexibility index (Phi) is 4.58. The summed E-state index contributed by atoms with van der Waals surface area (Å²) in [5, 5.41) is 9.00. The van der Waals surface area contributed by atoms with Gasteiger partial charge in [0, 0.05) is 12.3 Å². The summed E-state index contributed by atoms with van der Waals surface area (Å²) in [5.74, 6) is 1.03. The second kappa shape index (κ2) is 7.16. The van der Waals surface area contributed by atoms with Crippen LogP contribution < -0.4 is 5.32 Å². The number of hydrogen-bond acceptors (Lipinski definition) is 6. The van der Waals surface area contributed by atoms with Gasteiger partial charge in [-0.15, -0.1) is 11.3 Å². The summed E-state index contributed by atoms with van der Waals surface area (Å²) in [5.41, 5.74) is 1.71. The summed E-state index contributed by atoms with van der Waals surface area (Å²) in [6.45, 7) is 1.13. The minimum absolute atomic E-state index is 0.00486. The fourth-order valence-electron chi connectivity index (χ4n) is 2.77. The van der Waals surface area contributed by atoms with Gasteiger partial charge in [0.25, 0.3) is 0 Å². The fraction of sp³-hybridized carbons (Fsp3) is 0.278. The van der Waals surface area contributed by atoms with Crippen molar-refractivity contribution in [3.8, 4) is 10.7 Å². The van der Waals surface area contributed by atoms with E-state index in [4.69, 9.17) is 9.26 Å². The largest absolute Gasteiger partial charge is 0.381 e. The molecule has 0 bridgehead atoms. The number of nitrogens with one attached hydrogen (secondary N) is 1. The highest BCUT2D eigenvalue weighted by Gasteiger charge is 2.24. The van der Waals surface area contributed by atoms with E-state index in [0.29, 0.717) is 31.3 Å². The number of hydrogen-bond donors (Lipinski definition) is 1. The number of carbonyl (C=O) groups is 1. The van der Waals surface area contributed by atoms with Crippen molar-refractivity contribution in [1.82, 2.24) is 10.1 Å². The first kappa shape index (κ1) is 16.0. The fourth-order valence-corrected chi connectivity index (χ4v) is 3.42. The summed E-state index contributed by atoms with van der Waals surface area (Å²) in [6, 6.07) is 11.6. The van der Waals surface area contributed by atoms with E-state index in [1.807, 2.05) is 41.8 Å². The van der Waals surface area contributed by atoms with Gasteiger partial charge < -0.3 is 14.6 Å². The number of ether oxygens (including phenoxy) is 1. The Hall–Kier alpha value is -2.51. The highest BCUT2D eigenvalue weighted by atomic mass is 32.1. The highest BCUT2D eigenvalue weighted by molar-refractivity contribution is 7.13. The van der Waals surface area contributed by atoms with Gasteiger partial charge in [0.05, 0.1) is 23.8 Å². The summed E-state index contributed by atoms with van der Waals surface area (Å²) < 4.78 is 10.7. The third-order valence-electron chi connectivity index (χ3n) is 4.13. The summed E-state index contributed by atoms with van der Waals surface area (Å²) in [6.07, 6.45) is 1.23. The summed E-state index contributed by atoms with van der Waals surface area (Å²) in [7, 11) is 0. The summed E-state index contributed by atoms with van der Waals surface area (Å²) >= 11 is 1.57. The Morgan fingerprint density at radius 1 is 1.28 bits per heavy atom. The number of amides is 1. The molecule has 1 fully saturated rings. The molecule has 1 aliphatic rings. The van der Waals surface area contributed by atoms with E-state index < -0.39 is 0 Å². The molecule has 1 N–H and O–H groups in total. The quantitative estimate of drug-likeness (QED) is 0.759. The predicted octanol–water partition coefficient (Wildman–Crippen LogP) is 3.36. The van der Waals surface area contributed by atoms with E-state index in [1.54, 1.807) is 11.3 Å². The molecule has 0 radical (unpaired) electrons. The van der Waals surface area contributed by atoms with Crippen molar-refractivity contribution in [3.63, 3.8) is 0 Å². The van der Waals surface area contributed by atoms with Crippen LogP contribution in [-0.4, -0.2) is 29.3 Å². The Morgan fingerprint density at radius 3 is 3.00 bits per heavy atom. The molecule has 3 aromatic rings. The molecule has 0 aliphatic carbocycles. The number of para-hydroxylation sites is 1. The van der Waals surface area contributed by atoms with Gasteiger partial charge in [0.15, 0.2) is 0 Å². The van der Waals surface area contributed by atoms with E-state index in [0.717, 1.165) is 22.5 Å². The Morgan fingerprint density at radius 2 is 2.20 bits per heavy atom. The minimum Gasteiger partial charge on any atom is -0.381 e. The van der Waals surface area contributed by atoms with Crippen molar-refractivity contribution in [2.75, 3.05) is 18.5 Å².